The van der Waals surface area contributed by atoms with Crippen LogP contribution >= 0.6 is 27.5 Å². The molecule has 0 saturated heterocycles. The van der Waals surface area contributed by atoms with E-state index in [0.29, 0.717) is 11.4 Å². The number of hydrazine groups is 1. The average Bonchev–Trinajstić information content (AvgIpc) is 2.79. The lowest BCUT2D eigenvalue weighted by Crippen LogP contribution is -2.31. The van der Waals surface area contributed by atoms with Crippen LogP contribution in [0.4, 0.5) is 4.39 Å². The van der Waals surface area contributed by atoms with E-state index in [9.17, 15) is 4.39 Å². The Balaban J connectivity index is 2.31. The van der Waals surface area contributed by atoms with E-state index in [0.717, 1.165) is 22.3 Å². The highest BCUT2D eigenvalue weighted by molar-refractivity contribution is 9.10. The summed E-state index contributed by atoms with van der Waals surface area (Å²) < 4.78 is 15.8. The van der Waals surface area contributed by atoms with Crippen molar-refractivity contribution in [1.82, 2.24) is 15.2 Å². The smallest absolute Gasteiger partial charge is 0.124 e. The number of nitrogens with one attached hydrogen (secondary N) is 1. The number of hydrogen-bond donors (Lipinski definition) is 2. The van der Waals surface area contributed by atoms with Gasteiger partial charge in [-0.15, -0.1) is 0 Å². The van der Waals surface area contributed by atoms with Crippen LogP contribution in [0.1, 0.15) is 24.2 Å². The Kier molecular flexibility index (Phi) is 5.15. The quantitative estimate of drug-likeness (QED) is 0.635. The van der Waals surface area contributed by atoms with E-state index in [-0.39, 0.29) is 11.9 Å². The molecule has 0 spiro atoms. The van der Waals surface area contributed by atoms with E-state index in [1.807, 2.05) is 11.6 Å². The first kappa shape index (κ1) is 15.4. The van der Waals surface area contributed by atoms with E-state index < -0.39 is 0 Å². The minimum atomic E-state index is -0.351. The predicted octanol–water partition coefficient (Wildman–Crippen LogP) is 3.21. The van der Waals surface area contributed by atoms with Gasteiger partial charge in [-0.25, -0.2) is 4.39 Å². The highest BCUT2D eigenvalue weighted by atomic mass is 79.9. The number of aromatic nitrogens is 2. The van der Waals surface area contributed by atoms with Crippen LogP contribution in [0.15, 0.2) is 28.9 Å². The van der Waals surface area contributed by atoms with Crippen LogP contribution in [0.25, 0.3) is 0 Å². The van der Waals surface area contributed by atoms with Crippen molar-refractivity contribution < 1.29 is 4.39 Å². The normalized spacial score (nSPS) is 12.7. The summed E-state index contributed by atoms with van der Waals surface area (Å²) in [6, 6.07) is 4.19. The SMILES string of the molecule is CCn1ncc(Br)c1C(Cc1ccc(F)cc1Cl)NN. The molecule has 0 bridgehead atoms. The van der Waals surface area contributed by atoms with Crippen LogP contribution in [0.3, 0.4) is 0 Å². The first-order valence-corrected chi connectivity index (χ1v) is 7.35. The van der Waals surface area contributed by atoms with Gasteiger partial charge in [-0.1, -0.05) is 17.7 Å². The van der Waals surface area contributed by atoms with Gasteiger partial charge in [0.05, 0.1) is 22.4 Å². The second-order valence-electron chi connectivity index (χ2n) is 4.35. The van der Waals surface area contributed by atoms with Crippen molar-refractivity contribution in [2.45, 2.75) is 25.9 Å². The Bertz CT molecular complexity index is 602. The van der Waals surface area contributed by atoms with Gasteiger partial charge in [0.15, 0.2) is 0 Å². The molecule has 1 unspecified atom stereocenters. The van der Waals surface area contributed by atoms with Gasteiger partial charge in [-0.2, -0.15) is 5.10 Å². The maximum Gasteiger partial charge on any atom is 0.124 e. The summed E-state index contributed by atoms with van der Waals surface area (Å²) >= 11 is 9.53. The van der Waals surface area contributed by atoms with E-state index in [2.05, 4.69) is 26.5 Å². The van der Waals surface area contributed by atoms with E-state index >= 15 is 0 Å². The molecule has 2 rings (SSSR count). The summed E-state index contributed by atoms with van der Waals surface area (Å²) in [5.41, 5.74) is 4.53. The zero-order valence-corrected chi connectivity index (χ0v) is 13.2. The zero-order chi connectivity index (χ0) is 14.7. The topological polar surface area (TPSA) is 55.9 Å². The van der Waals surface area contributed by atoms with Gasteiger partial charge >= 0.3 is 0 Å². The summed E-state index contributed by atoms with van der Waals surface area (Å²) in [5.74, 6) is 5.30. The molecule has 1 aromatic heterocycles. The van der Waals surface area contributed by atoms with Crippen LogP contribution in [-0.4, -0.2) is 9.78 Å². The zero-order valence-electron chi connectivity index (χ0n) is 10.9. The van der Waals surface area contributed by atoms with Crippen molar-refractivity contribution in [2.75, 3.05) is 0 Å². The minimum Gasteiger partial charge on any atom is -0.271 e. The Labute approximate surface area is 130 Å². The molecule has 0 radical (unpaired) electrons. The number of nitrogens with two attached hydrogens (primary N) is 1. The lowest BCUT2D eigenvalue weighted by atomic mass is 10.0. The third kappa shape index (κ3) is 3.20. The Morgan fingerprint density at radius 1 is 1.55 bits per heavy atom. The fourth-order valence-electron chi connectivity index (χ4n) is 2.11. The van der Waals surface area contributed by atoms with Gasteiger partial charge < -0.3 is 0 Å². The molecule has 0 aliphatic carbocycles. The fourth-order valence-corrected chi connectivity index (χ4v) is 2.93. The monoisotopic (exact) mass is 360 g/mol. The van der Waals surface area contributed by atoms with Crippen LogP contribution in [0.5, 0.6) is 0 Å². The van der Waals surface area contributed by atoms with Gasteiger partial charge in [0.25, 0.3) is 0 Å². The summed E-state index contributed by atoms with van der Waals surface area (Å²) in [7, 11) is 0. The van der Waals surface area contributed by atoms with Crippen molar-refractivity contribution in [1.29, 1.82) is 0 Å². The lowest BCUT2D eigenvalue weighted by Gasteiger charge is -2.18. The Hall–Kier alpha value is -0.950. The van der Waals surface area contributed by atoms with Gasteiger partial charge in [-0.05, 0) is 47.0 Å². The van der Waals surface area contributed by atoms with Crippen LogP contribution in [0.2, 0.25) is 5.02 Å². The number of aryl methyl sites for hydroxylation is 1. The Morgan fingerprint density at radius 3 is 2.90 bits per heavy atom. The maximum absolute atomic E-state index is 13.1. The molecule has 0 saturated carbocycles. The van der Waals surface area contributed by atoms with E-state index in [1.165, 1.54) is 12.1 Å². The van der Waals surface area contributed by atoms with Crippen molar-refractivity contribution in [3.05, 3.63) is 51.0 Å². The minimum absolute atomic E-state index is 0.171. The molecule has 20 heavy (non-hydrogen) atoms. The maximum atomic E-state index is 13.1. The molecule has 7 heteroatoms. The van der Waals surface area contributed by atoms with Gasteiger partial charge in [0.1, 0.15) is 5.82 Å². The van der Waals surface area contributed by atoms with Crippen LogP contribution in [0, 0.1) is 5.82 Å². The summed E-state index contributed by atoms with van der Waals surface area (Å²) in [4.78, 5) is 0. The van der Waals surface area contributed by atoms with Crippen molar-refractivity contribution >= 4 is 27.5 Å². The fraction of sp³-hybridized carbons (Fsp3) is 0.308. The predicted molar refractivity (Wildman–Crippen MR) is 80.8 cm³/mol. The first-order chi connectivity index (χ1) is 9.56. The first-order valence-electron chi connectivity index (χ1n) is 6.18. The van der Waals surface area contributed by atoms with Crippen LogP contribution < -0.4 is 11.3 Å². The number of nitrogens with zero attached hydrogens (tertiary/aromatic N) is 2. The second-order valence-corrected chi connectivity index (χ2v) is 5.61. The highest BCUT2D eigenvalue weighted by Gasteiger charge is 2.20. The standard InChI is InChI=1S/C13H15BrClFN4/c1-2-20-13(10(14)7-18-20)12(19-17)5-8-3-4-9(16)6-11(8)15/h3-4,6-7,12,19H,2,5,17H2,1H3. The molecule has 0 aliphatic heterocycles. The molecule has 108 valence electrons. The molecule has 4 nitrogen and oxygen atoms in total. The highest BCUT2D eigenvalue weighted by Crippen LogP contribution is 2.28. The molecule has 1 atom stereocenters. The number of benzene rings is 1. The average molecular weight is 362 g/mol. The molecule has 0 fully saturated rings. The van der Waals surface area contributed by atoms with E-state index in [1.54, 1.807) is 12.3 Å². The van der Waals surface area contributed by atoms with Gasteiger partial charge in [-0.3, -0.25) is 16.0 Å². The third-order valence-corrected chi connectivity index (χ3v) is 4.07. The molecular formula is C13H15BrClFN4. The largest absolute Gasteiger partial charge is 0.271 e. The molecule has 1 heterocycles. The van der Waals surface area contributed by atoms with Crippen molar-refractivity contribution in [3.8, 4) is 0 Å². The van der Waals surface area contributed by atoms with Gasteiger partial charge in [0.2, 0.25) is 0 Å². The summed E-state index contributed by atoms with van der Waals surface area (Å²) in [6.07, 6.45) is 2.27. The van der Waals surface area contributed by atoms with Crippen molar-refractivity contribution in [2.24, 2.45) is 5.84 Å². The van der Waals surface area contributed by atoms with Crippen molar-refractivity contribution in [3.63, 3.8) is 0 Å². The molecule has 1 aromatic carbocycles. The molecule has 0 aliphatic rings. The molecule has 0 amide bonds. The van der Waals surface area contributed by atoms with Crippen LogP contribution in [-0.2, 0) is 13.0 Å². The molecule has 2 aromatic rings. The summed E-state index contributed by atoms with van der Waals surface area (Å²) in [6.45, 7) is 2.73. The number of hydrogen-bond acceptors (Lipinski definition) is 3. The lowest BCUT2D eigenvalue weighted by molar-refractivity contribution is 0.488. The number of rotatable bonds is 5. The summed E-state index contributed by atoms with van der Waals surface area (Å²) in [5, 5.41) is 4.66. The number of halogens is 3. The molecule has 3 N–H and O–H groups in total. The van der Waals surface area contributed by atoms with Gasteiger partial charge in [0, 0.05) is 11.6 Å². The molecular weight excluding hydrogens is 347 g/mol. The third-order valence-electron chi connectivity index (χ3n) is 3.10. The van der Waals surface area contributed by atoms with E-state index in [4.69, 9.17) is 17.4 Å². The Morgan fingerprint density at radius 2 is 2.30 bits per heavy atom. The second kappa shape index (κ2) is 6.67.